The van der Waals surface area contributed by atoms with Crippen molar-refractivity contribution in [1.29, 1.82) is 0 Å². The monoisotopic (exact) mass is 362 g/mol. The van der Waals surface area contributed by atoms with E-state index in [4.69, 9.17) is 18.4 Å². The molecule has 0 aromatic carbocycles. The summed E-state index contributed by atoms with van der Waals surface area (Å²) in [5.41, 5.74) is 2.03. The van der Waals surface area contributed by atoms with Crippen LogP contribution in [0.1, 0.15) is 47.4 Å². The second-order valence-electron chi connectivity index (χ2n) is 6.76. The molecular formula is C21H18N2O4. The smallest absolute Gasteiger partial charge is 0.310 e. The molecule has 4 heterocycles. The molecule has 27 heavy (non-hydrogen) atoms. The standard InChI is InChI=1S/C21H18N2O4/c24-21(18-9-4-12-27-18)23-20(17-8-3-11-26-17)16-7-1-5-14(19(16)22-23)13-15-6-2-10-25-15/h2-4,6,8-13,16,20H,1,5,7H2/b14-13+. The van der Waals surface area contributed by atoms with Gasteiger partial charge in [-0.25, -0.2) is 5.01 Å². The molecule has 2 aliphatic rings. The molecule has 5 rings (SSSR count). The lowest BCUT2D eigenvalue weighted by atomic mass is 9.79. The van der Waals surface area contributed by atoms with Crippen molar-refractivity contribution in [2.24, 2.45) is 11.0 Å². The molecule has 2 unspecified atom stereocenters. The van der Waals surface area contributed by atoms with E-state index in [0.29, 0.717) is 0 Å². The van der Waals surface area contributed by atoms with E-state index in [1.165, 1.54) is 11.3 Å². The highest BCUT2D eigenvalue weighted by Gasteiger charge is 2.45. The van der Waals surface area contributed by atoms with Gasteiger partial charge in [-0.2, -0.15) is 5.10 Å². The van der Waals surface area contributed by atoms with Crippen LogP contribution in [0.2, 0.25) is 0 Å². The fraction of sp³-hybridized carbons (Fsp3) is 0.238. The number of fused-ring (bicyclic) bond motifs is 1. The Kier molecular flexibility index (Phi) is 3.81. The van der Waals surface area contributed by atoms with Crippen molar-refractivity contribution in [2.45, 2.75) is 25.3 Å². The Morgan fingerprint density at radius 1 is 1.07 bits per heavy atom. The first-order valence-electron chi connectivity index (χ1n) is 9.04. The van der Waals surface area contributed by atoms with E-state index in [0.717, 1.165) is 42.1 Å². The maximum Gasteiger partial charge on any atom is 0.310 e. The molecule has 0 spiro atoms. The zero-order valence-electron chi connectivity index (χ0n) is 14.6. The van der Waals surface area contributed by atoms with Gasteiger partial charge in [0, 0.05) is 5.92 Å². The number of carbonyl (C=O) groups excluding carboxylic acids is 1. The van der Waals surface area contributed by atoms with Crippen molar-refractivity contribution >= 4 is 17.7 Å². The fourth-order valence-electron chi connectivity index (χ4n) is 3.96. The molecule has 136 valence electrons. The molecule has 0 saturated heterocycles. The van der Waals surface area contributed by atoms with E-state index < -0.39 is 0 Å². The maximum atomic E-state index is 13.0. The van der Waals surface area contributed by atoms with Crippen LogP contribution in [0.4, 0.5) is 0 Å². The van der Waals surface area contributed by atoms with Gasteiger partial charge in [0.05, 0.1) is 24.5 Å². The Morgan fingerprint density at radius 3 is 2.63 bits per heavy atom. The lowest BCUT2D eigenvalue weighted by molar-refractivity contribution is 0.0624. The number of amides is 1. The summed E-state index contributed by atoms with van der Waals surface area (Å²) in [6.07, 6.45) is 9.67. The molecule has 6 heteroatoms. The summed E-state index contributed by atoms with van der Waals surface area (Å²) >= 11 is 0. The van der Waals surface area contributed by atoms with E-state index >= 15 is 0 Å². The molecule has 3 aromatic heterocycles. The predicted molar refractivity (Wildman–Crippen MR) is 97.8 cm³/mol. The molecule has 1 aliphatic heterocycles. The van der Waals surface area contributed by atoms with Gasteiger partial charge in [0.15, 0.2) is 5.76 Å². The van der Waals surface area contributed by atoms with Crippen LogP contribution in [-0.4, -0.2) is 16.6 Å². The molecule has 1 fully saturated rings. The first-order valence-corrected chi connectivity index (χ1v) is 9.04. The van der Waals surface area contributed by atoms with Crippen LogP contribution < -0.4 is 0 Å². The van der Waals surface area contributed by atoms with Crippen LogP contribution in [0.5, 0.6) is 0 Å². The highest BCUT2D eigenvalue weighted by Crippen LogP contribution is 2.45. The van der Waals surface area contributed by atoms with Gasteiger partial charge in [0.2, 0.25) is 0 Å². The average molecular weight is 362 g/mol. The highest BCUT2D eigenvalue weighted by molar-refractivity contribution is 6.08. The molecule has 1 saturated carbocycles. The predicted octanol–water partition coefficient (Wildman–Crippen LogP) is 4.90. The normalized spacial score (nSPS) is 23.5. The SMILES string of the molecule is O=C(c1ccco1)N1N=C2/C(=C/c3ccco3)CCCC2C1c1ccco1. The summed E-state index contributed by atoms with van der Waals surface area (Å²) in [5, 5.41) is 6.25. The van der Waals surface area contributed by atoms with E-state index in [2.05, 4.69) is 0 Å². The van der Waals surface area contributed by atoms with Gasteiger partial charge in [-0.15, -0.1) is 0 Å². The molecule has 1 amide bonds. The van der Waals surface area contributed by atoms with Crippen molar-refractivity contribution in [3.8, 4) is 0 Å². The number of hydrogen-bond donors (Lipinski definition) is 0. The lowest BCUT2D eigenvalue weighted by Crippen LogP contribution is -2.31. The van der Waals surface area contributed by atoms with Crippen molar-refractivity contribution in [3.63, 3.8) is 0 Å². The van der Waals surface area contributed by atoms with Gasteiger partial charge < -0.3 is 13.3 Å². The van der Waals surface area contributed by atoms with Gasteiger partial charge >= 0.3 is 5.91 Å². The zero-order chi connectivity index (χ0) is 18.2. The number of rotatable bonds is 3. The van der Waals surface area contributed by atoms with E-state index in [-0.39, 0.29) is 23.6 Å². The number of nitrogens with zero attached hydrogens (tertiary/aromatic N) is 2. The van der Waals surface area contributed by atoms with Crippen molar-refractivity contribution in [2.75, 3.05) is 0 Å². The second-order valence-corrected chi connectivity index (χ2v) is 6.76. The summed E-state index contributed by atoms with van der Waals surface area (Å²) < 4.78 is 16.5. The lowest BCUT2D eigenvalue weighted by Gasteiger charge is -2.27. The Balaban J connectivity index is 1.57. The minimum Gasteiger partial charge on any atom is -0.467 e. The Morgan fingerprint density at radius 2 is 1.89 bits per heavy atom. The van der Waals surface area contributed by atoms with Crippen molar-refractivity contribution in [1.82, 2.24) is 5.01 Å². The Labute approximate surface area is 155 Å². The number of hydrazone groups is 1. The van der Waals surface area contributed by atoms with E-state index in [1.807, 2.05) is 30.3 Å². The summed E-state index contributed by atoms with van der Waals surface area (Å²) in [7, 11) is 0. The third kappa shape index (κ3) is 2.73. The Bertz CT molecular complexity index is 981. The van der Waals surface area contributed by atoms with Crippen LogP contribution in [0.3, 0.4) is 0 Å². The van der Waals surface area contributed by atoms with Crippen LogP contribution in [0, 0.1) is 5.92 Å². The average Bonchev–Trinajstić information content (AvgIpc) is 3.48. The van der Waals surface area contributed by atoms with Gasteiger partial charge in [0.25, 0.3) is 0 Å². The fourth-order valence-corrected chi connectivity index (χ4v) is 3.96. The second kappa shape index (κ2) is 6.46. The third-order valence-electron chi connectivity index (χ3n) is 5.14. The minimum absolute atomic E-state index is 0.0880. The summed E-state index contributed by atoms with van der Waals surface area (Å²) in [4.78, 5) is 13.0. The minimum atomic E-state index is -0.270. The summed E-state index contributed by atoms with van der Waals surface area (Å²) in [5.74, 6) is 1.62. The molecule has 3 aromatic rings. The number of carbonyl (C=O) groups is 1. The van der Waals surface area contributed by atoms with Crippen LogP contribution in [0.25, 0.3) is 6.08 Å². The first kappa shape index (κ1) is 15.9. The van der Waals surface area contributed by atoms with Crippen LogP contribution in [-0.2, 0) is 0 Å². The van der Waals surface area contributed by atoms with E-state index in [1.54, 1.807) is 24.7 Å². The quantitative estimate of drug-likeness (QED) is 0.664. The number of hydrogen-bond acceptors (Lipinski definition) is 5. The van der Waals surface area contributed by atoms with Crippen molar-refractivity contribution < 1.29 is 18.0 Å². The molecule has 2 atom stereocenters. The maximum absolute atomic E-state index is 13.0. The molecular weight excluding hydrogens is 344 g/mol. The van der Waals surface area contributed by atoms with Gasteiger partial charge in [-0.05, 0) is 67.3 Å². The van der Waals surface area contributed by atoms with Gasteiger partial charge in [-0.3, -0.25) is 4.79 Å². The third-order valence-corrected chi connectivity index (χ3v) is 5.14. The topological polar surface area (TPSA) is 72.1 Å². The number of allylic oxidation sites excluding steroid dienone is 1. The summed E-state index contributed by atoms with van der Waals surface area (Å²) in [6, 6.07) is 10.6. The van der Waals surface area contributed by atoms with Crippen LogP contribution >= 0.6 is 0 Å². The molecule has 0 radical (unpaired) electrons. The van der Waals surface area contributed by atoms with E-state index in [9.17, 15) is 4.79 Å². The van der Waals surface area contributed by atoms with Gasteiger partial charge in [-0.1, -0.05) is 0 Å². The largest absolute Gasteiger partial charge is 0.467 e. The number of furan rings is 3. The molecule has 6 nitrogen and oxygen atoms in total. The zero-order valence-corrected chi connectivity index (χ0v) is 14.6. The van der Waals surface area contributed by atoms with Crippen LogP contribution in [0.15, 0.2) is 79.1 Å². The van der Waals surface area contributed by atoms with Gasteiger partial charge in [0.1, 0.15) is 17.6 Å². The Hall–Kier alpha value is -3.28. The first-order chi connectivity index (χ1) is 13.3. The van der Waals surface area contributed by atoms with Crippen molar-refractivity contribution in [3.05, 3.63) is 78.0 Å². The molecule has 0 bridgehead atoms. The molecule has 1 aliphatic carbocycles. The highest BCUT2D eigenvalue weighted by atomic mass is 16.3. The molecule has 0 N–H and O–H groups in total. The summed E-state index contributed by atoms with van der Waals surface area (Å²) in [6.45, 7) is 0.